The molecule has 0 spiro atoms. The van der Waals surface area contributed by atoms with E-state index in [4.69, 9.17) is 0 Å². The summed E-state index contributed by atoms with van der Waals surface area (Å²) >= 11 is 0. The molecule has 0 radical (unpaired) electrons. The third-order valence-corrected chi connectivity index (χ3v) is 3.68. The van der Waals surface area contributed by atoms with E-state index in [1.807, 2.05) is 0 Å². The zero-order chi connectivity index (χ0) is 12.1. The standard InChI is InChI=1S/C15H24N2/c1-3-13-6-8-15(9-7-13)17-11-5-10-16-14(4-2)12-17/h6-9,14,16H,3-5,10-12H2,1-2H3. The zero-order valence-corrected chi connectivity index (χ0v) is 11.1. The monoisotopic (exact) mass is 232 g/mol. The molecule has 0 amide bonds. The lowest BCUT2D eigenvalue weighted by Gasteiger charge is -2.26. The molecule has 1 saturated heterocycles. The lowest BCUT2D eigenvalue weighted by Crippen LogP contribution is -2.37. The number of nitrogens with zero attached hydrogens (tertiary/aromatic N) is 1. The summed E-state index contributed by atoms with van der Waals surface area (Å²) in [7, 11) is 0. The Hall–Kier alpha value is -1.02. The molecule has 1 N–H and O–H groups in total. The molecule has 0 bridgehead atoms. The third-order valence-electron chi connectivity index (χ3n) is 3.68. The summed E-state index contributed by atoms with van der Waals surface area (Å²) in [6.45, 7) is 7.94. The summed E-state index contributed by atoms with van der Waals surface area (Å²) in [5.74, 6) is 0. The van der Waals surface area contributed by atoms with Gasteiger partial charge >= 0.3 is 0 Å². The Labute approximate surface area is 105 Å². The van der Waals surface area contributed by atoms with Gasteiger partial charge in [0.05, 0.1) is 0 Å². The molecule has 0 aliphatic carbocycles. The Kier molecular flexibility index (Phi) is 4.43. The molecule has 1 aromatic rings. The van der Waals surface area contributed by atoms with Crippen molar-refractivity contribution < 1.29 is 0 Å². The van der Waals surface area contributed by atoms with Gasteiger partial charge in [0.25, 0.3) is 0 Å². The highest BCUT2D eigenvalue weighted by molar-refractivity contribution is 5.48. The van der Waals surface area contributed by atoms with Crippen molar-refractivity contribution in [2.45, 2.75) is 39.2 Å². The average Bonchev–Trinajstić information content (AvgIpc) is 2.64. The number of benzene rings is 1. The smallest absolute Gasteiger partial charge is 0.0366 e. The minimum atomic E-state index is 0.642. The lowest BCUT2D eigenvalue weighted by atomic mass is 10.1. The van der Waals surface area contributed by atoms with Crippen molar-refractivity contribution in [3.05, 3.63) is 29.8 Å². The van der Waals surface area contributed by atoms with Crippen LogP contribution in [0.5, 0.6) is 0 Å². The van der Waals surface area contributed by atoms with Crippen LogP contribution in [-0.2, 0) is 6.42 Å². The Morgan fingerprint density at radius 3 is 2.65 bits per heavy atom. The predicted molar refractivity (Wildman–Crippen MR) is 74.7 cm³/mol. The molecule has 2 nitrogen and oxygen atoms in total. The first kappa shape index (κ1) is 12.4. The summed E-state index contributed by atoms with van der Waals surface area (Å²) < 4.78 is 0. The Morgan fingerprint density at radius 1 is 1.24 bits per heavy atom. The average molecular weight is 232 g/mol. The molecular formula is C15H24N2. The van der Waals surface area contributed by atoms with Crippen LogP contribution < -0.4 is 10.2 Å². The normalized spacial score (nSPS) is 21.3. The van der Waals surface area contributed by atoms with Crippen molar-refractivity contribution in [2.75, 3.05) is 24.5 Å². The first-order valence-electron chi connectivity index (χ1n) is 6.90. The molecule has 1 atom stereocenters. The first-order chi connectivity index (χ1) is 8.33. The fourth-order valence-corrected chi connectivity index (χ4v) is 2.45. The minimum Gasteiger partial charge on any atom is -0.370 e. The largest absolute Gasteiger partial charge is 0.370 e. The van der Waals surface area contributed by atoms with Gasteiger partial charge < -0.3 is 10.2 Å². The van der Waals surface area contributed by atoms with Crippen LogP contribution in [0.3, 0.4) is 0 Å². The van der Waals surface area contributed by atoms with Gasteiger partial charge in [-0.05, 0) is 43.5 Å². The van der Waals surface area contributed by atoms with E-state index in [-0.39, 0.29) is 0 Å². The molecule has 17 heavy (non-hydrogen) atoms. The van der Waals surface area contributed by atoms with Crippen LogP contribution >= 0.6 is 0 Å². The number of hydrogen-bond acceptors (Lipinski definition) is 2. The van der Waals surface area contributed by atoms with Gasteiger partial charge in [0.1, 0.15) is 0 Å². The van der Waals surface area contributed by atoms with Crippen molar-refractivity contribution in [3.8, 4) is 0 Å². The Balaban J connectivity index is 2.08. The first-order valence-corrected chi connectivity index (χ1v) is 6.90. The molecule has 0 aromatic heterocycles. The van der Waals surface area contributed by atoms with E-state index in [1.165, 1.54) is 30.6 Å². The van der Waals surface area contributed by atoms with Crippen LogP contribution in [0.4, 0.5) is 5.69 Å². The summed E-state index contributed by atoms with van der Waals surface area (Å²) in [6, 6.07) is 9.71. The van der Waals surface area contributed by atoms with E-state index in [0.717, 1.165) is 19.5 Å². The van der Waals surface area contributed by atoms with Gasteiger partial charge in [-0.1, -0.05) is 26.0 Å². The summed E-state index contributed by atoms with van der Waals surface area (Å²) in [5, 5.41) is 3.61. The van der Waals surface area contributed by atoms with Crippen molar-refractivity contribution >= 4 is 5.69 Å². The SMILES string of the molecule is CCc1ccc(N2CCCNC(CC)C2)cc1. The molecule has 1 aliphatic rings. The van der Waals surface area contributed by atoms with Crippen molar-refractivity contribution in [3.63, 3.8) is 0 Å². The maximum Gasteiger partial charge on any atom is 0.0366 e. The van der Waals surface area contributed by atoms with Crippen LogP contribution in [-0.4, -0.2) is 25.7 Å². The van der Waals surface area contributed by atoms with Gasteiger partial charge in [0, 0.05) is 24.8 Å². The maximum absolute atomic E-state index is 3.61. The molecule has 1 fully saturated rings. The van der Waals surface area contributed by atoms with E-state index >= 15 is 0 Å². The quantitative estimate of drug-likeness (QED) is 0.862. The van der Waals surface area contributed by atoms with E-state index in [1.54, 1.807) is 0 Å². The maximum atomic E-state index is 3.61. The van der Waals surface area contributed by atoms with Gasteiger partial charge in [-0.15, -0.1) is 0 Å². The van der Waals surface area contributed by atoms with Gasteiger partial charge in [-0.25, -0.2) is 0 Å². The second-order valence-corrected chi connectivity index (χ2v) is 4.88. The molecule has 1 heterocycles. The number of rotatable bonds is 3. The van der Waals surface area contributed by atoms with Gasteiger partial charge in [0.15, 0.2) is 0 Å². The van der Waals surface area contributed by atoms with E-state index in [2.05, 4.69) is 48.3 Å². The lowest BCUT2D eigenvalue weighted by molar-refractivity contribution is 0.528. The van der Waals surface area contributed by atoms with Crippen LogP contribution in [0.2, 0.25) is 0 Å². The zero-order valence-electron chi connectivity index (χ0n) is 11.1. The summed E-state index contributed by atoms with van der Waals surface area (Å²) in [4.78, 5) is 2.52. The molecule has 94 valence electrons. The van der Waals surface area contributed by atoms with Crippen LogP contribution in [0, 0.1) is 0 Å². The third kappa shape index (κ3) is 3.22. The number of aryl methyl sites for hydroxylation is 1. The van der Waals surface area contributed by atoms with E-state index in [9.17, 15) is 0 Å². The fourth-order valence-electron chi connectivity index (χ4n) is 2.45. The second-order valence-electron chi connectivity index (χ2n) is 4.88. The molecule has 2 rings (SSSR count). The molecule has 1 aromatic carbocycles. The van der Waals surface area contributed by atoms with Gasteiger partial charge in [0.2, 0.25) is 0 Å². The van der Waals surface area contributed by atoms with Crippen LogP contribution in [0.1, 0.15) is 32.3 Å². The molecule has 1 aliphatic heterocycles. The predicted octanol–water partition coefficient (Wildman–Crippen LogP) is 2.83. The van der Waals surface area contributed by atoms with Crippen molar-refractivity contribution in [1.29, 1.82) is 0 Å². The van der Waals surface area contributed by atoms with Crippen molar-refractivity contribution in [1.82, 2.24) is 5.32 Å². The number of nitrogens with one attached hydrogen (secondary N) is 1. The fraction of sp³-hybridized carbons (Fsp3) is 0.600. The van der Waals surface area contributed by atoms with Crippen LogP contribution in [0.25, 0.3) is 0 Å². The molecule has 1 unspecified atom stereocenters. The second kappa shape index (κ2) is 6.06. The molecule has 0 saturated carbocycles. The topological polar surface area (TPSA) is 15.3 Å². The van der Waals surface area contributed by atoms with E-state index < -0.39 is 0 Å². The van der Waals surface area contributed by atoms with E-state index in [0.29, 0.717) is 6.04 Å². The van der Waals surface area contributed by atoms with Gasteiger partial charge in [-0.3, -0.25) is 0 Å². The number of hydrogen-bond donors (Lipinski definition) is 1. The van der Waals surface area contributed by atoms with Crippen LogP contribution in [0.15, 0.2) is 24.3 Å². The minimum absolute atomic E-state index is 0.642. The highest BCUT2D eigenvalue weighted by atomic mass is 15.2. The van der Waals surface area contributed by atoms with Crippen molar-refractivity contribution in [2.24, 2.45) is 0 Å². The highest BCUT2D eigenvalue weighted by Gasteiger charge is 2.16. The Bertz CT molecular complexity index is 331. The highest BCUT2D eigenvalue weighted by Crippen LogP contribution is 2.18. The van der Waals surface area contributed by atoms with Gasteiger partial charge in [-0.2, -0.15) is 0 Å². The molecular weight excluding hydrogens is 208 g/mol. The Morgan fingerprint density at radius 2 is 2.00 bits per heavy atom. The summed E-state index contributed by atoms with van der Waals surface area (Å²) in [6.07, 6.45) is 3.58. The summed E-state index contributed by atoms with van der Waals surface area (Å²) in [5.41, 5.74) is 2.80. The number of anilines is 1. The molecule has 2 heteroatoms.